The van der Waals surface area contributed by atoms with Gasteiger partial charge in [0.2, 0.25) is 0 Å². The highest BCUT2D eigenvalue weighted by atomic mass is 35.5. The minimum Gasteiger partial charge on any atom is -0.481 e. The predicted octanol–water partition coefficient (Wildman–Crippen LogP) is 5.43. The molecule has 0 unspecified atom stereocenters. The number of benzene rings is 2. The minimum atomic E-state index is -0.532. The van der Waals surface area contributed by atoms with E-state index in [1.165, 1.54) is 0 Å². The monoisotopic (exact) mass is 411 g/mol. The molecule has 0 spiro atoms. The summed E-state index contributed by atoms with van der Waals surface area (Å²) in [6.45, 7) is 6.37. The van der Waals surface area contributed by atoms with Gasteiger partial charge in [-0.25, -0.2) is 0 Å². The highest BCUT2D eigenvalue weighted by Crippen LogP contribution is 2.24. The van der Waals surface area contributed by atoms with Gasteiger partial charge in [0.1, 0.15) is 5.75 Å². The van der Waals surface area contributed by atoms with Crippen LogP contribution >= 0.6 is 35.0 Å². The third kappa shape index (κ3) is 6.11. The van der Waals surface area contributed by atoms with E-state index in [0.717, 1.165) is 33.9 Å². The molecule has 140 valence electrons. The van der Waals surface area contributed by atoms with Gasteiger partial charge >= 0.3 is 0 Å². The summed E-state index contributed by atoms with van der Waals surface area (Å²) in [5, 5.41) is 4.04. The van der Waals surface area contributed by atoms with Crippen molar-refractivity contribution in [2.45, 2.75) is 32.6 Å². The molecule has 0 aromatic heterocycles. The first-order chi connectivity index (χ1) is 12.4. The zero-order chi connectivity index (χ0) is 19.1. The van der Waals surface area contributed by atoms with Crippen molar-refractivity contribution in [3.63, 3.8) is 0 Å². The van der Waals surface area contributed by atoms with Crippen molar-refractivity contribution in [2.24, 2.45) is 0 Å². The van der Waals surface area contributed by atoms with Gasteiger partial charge in [0.15, 0.2) is 6.10 Å². The average molecular weight is 412 g/mol. The Kier molecular flexibility index (Phi) is 8.14. The lowest BCUT2D eigenvalue weighted by atomic mass is 10.1. The van der Waals surface area contributed by atoms with E-state index in [1.54, 1.807) is 24.8 Å². The van der Waals surface area contributed by atoms with Crippen LogP contribution < -0.4 is 10.1 Å². The Bertz CT molecular complexity index is 767. The molecule has 2 rings (SSSR count). The summed E-state index contributed by atoms with van der Waals surface area (Å²) < 4.78 is 5.79. The number of rotatable bonds is 8. The number of halogens is 2. The fourth-order valence-electron chi connectivity index (χ4n) is 2.31. The third-order valence-electron chi connectivity index (χ3n) is 4.03. The van der Waals surface area contributed by atoms with Gasteiger partial charge in [-0.05, 0) is 55.7 Å². The van der Waals surface area contributed by atoms with Gasteiger partial charge in [-0.2, -0.15) is 11.8 Å². The van der Waals surface area contributed by atoms with E-state index >= 15 is 0 Å². The number of hydrogen-bond donors (Lipinski definition) is 1. The number of thioether (sulfide) groups is 1. The SMILES string of the molecule is Cc1cccc(O[C@@H](C)C(=O)NCCSCc2ccc(Cl)c(Cl)c2)c1C. The molecule has 6 heteroatoms. The van der Waals surface area contributed by atoms with E-state index in [-0.39, 0.29) is 5.91 Å². The van der Waals surface area contributed by atoms with Crippen molar-refractivity contribution in [3.8, 4) is 5.75 Å². The molecule has 0 bridgehead atoms. The molecule has 0 saturated heterocycles. The molecule has 0 fully saturated rings. The van der Waals surface area contributed by atoms with Gasteiger partial charge in [-0.1, -0.05) is 41.4 Å². The summed E-state index contributed by atoms with van der Waals surface area (Å²) >= 11 is 13.6. The molecule has 2 aromatic rings. The van der Waals surface area contributed by atoms with E-state index < -0.39 is 6.10 Å². The highest BCUT2D eigenvalue weighted by molar-refractivity contribution is 7.98. The molecule has 0 heterocycles. The van der Waals surface area contributed by atoms with Gasteiger partial charge in [-0.15, -0.1) is 0 Å². The summed E-state index contributed by atoms with van der Waals surface area (Å²) in [4.78, 5) is 12.2. The number of carbonyl (C=O) groups is 1. The Labute approximate surface area is 169 Å². The Hall–Kier alpha value is -1.36. The number of nitrogens with one attached hydrogen (secondary N) is 1. The first-order valence-electron chi connectivity index (χ1n) is 8.40. The van der Waals surface area contributed by atoms with Crippen LogP contribution in [0.3, 0.4) is 0 Å². The molecule has 0 radical (unpaired) electrons. The maximum atomic E-state index is 12.2. The second-order valence-corrected chi connectivity index (χ2v) is 7.97. The smallest absolute Gasteiger partial charge is 0.260 e. The molecular formula is C20H23Cl2NO2S. The second-order valence-electron chi connectivity index (χ2n) is 6.05. The number of carbonyl (C=O) groups excluding carboxylic acids is 1. The molecule has 0 aliphatic carbocycles. The van der Waals surface area contributed by atoms with Crippen LogP contribution in [-0.2, 0) is 10.5 Å². The maximum absolute atomic E-state index is 12.2. The van der Waals surface area contributed by atoms with Crippen LogP contribution in [0.2, 0.25) is 10.0 Å². The summed E-state index contributed by atoms with van der Waals surface area (Å²) in [7, 11) is 0. The summed E-state index contributed by atoms with van der Waals surface area (Å²) in [5.41, 5.74) is 3.32. The van der Waals surface area contributed by atoms with Gasteiger partial charge < -0.3 is 10.1 Å². The van der Waals surface area contributed by atoms with Crippen LogP contribution in [0.5, 0.6) is 5.75 Å². The molecule has 1 amide bonds. The lowest BCUT2D eigenvalue weighted by Crippen LogP contribution is -2.37. The van der Waals surface area contributed by atoms with E-state index in [9.17, 15) is 4.79 Å². The van der Waals surface area contributed by atoms with Crippen LogP contribution in [-0.4, -0.2) is 24.3 Å². The molecule has 0 saturated carbocycles. The normalized spacial score (nSPS) is 11.9. The van der Waals surface area contributed by atoms with Crippen molar-refractivity contribution < 1.29 is 9.53 Å². The van der Waals surface area contributed by atoms with Gasteiger partial charge in [-0.3, -0.25) is 4.79 Å². The zero-order valence-corrected chi connectivity index (χ0v) is 17.5. The highest BCUT2D eigenvalue weighted by Gasteiger charge is 2.15. The third-order valence-corrected chi connectivity index (χ3v) is 5.80. The molecular weight excluding hydrogens is 389 g/mol. The van der Waals surface area contributed by atoms with E-state index in [4.69, 9.17) is 27.9 Å². The average Bonchev–Trinajstić information content (AvgIpc) is 2.61. The Balaban J connectivity index is 1.71. The lowest BCUT2D eigenvalue weighted by molar-refractivity contribution is -0.127. The van der Waals surface area contributed by atoms with Crippen LogP contribution in [0.15, 0.2) is 36.4 Å². The van der Waals surface area contributed by atoms with Crippen molar-refractivity contribution in [1.82, 2.24) is 5.32 Å². The molecule has 0 aliphatic rings. The van der Waals surface area contributed by atoms with E-state index in [1.807, 2.05) is 44.2 Å². The van der Waals surface area contributed by atoms with Crippen molar-refractivity contribution in [2.75, 3.05) is 12.3 Å². The van der Waals surface area contributed by atoms with E-state index in [0.29, 0.717) is 16.6 Å². The minimum absolute atomic E-state index is 0.110. The number of hydrogen-bond acceptors (Lipinski definition) is 3. The fourth-order valence-corrected chi connectivity index (χ4v) is 3.43. The molecule has 3 nitrogen and oxygen atoms in total. The molecule has 26 heavy (non-hydrogen) atoms. The molecule has 1 N–H and O–H groups in total. The predicted molar refractivity (Wildman–Crippen MR) is 112 cm³/mol. The van der Waals surface area contributed by atoms with Gasteiger partial charge in [0.05, 0.1) is 10.0 Å². The van der Waals surface area contributed by atoms with Crippen molar-refractivity contribution >= 4 is 40.9 Å². The second kappa shape index (κ2) is 10.1. The van der Waals surface area contributed by atoms with Gasteiger partial charge in [0.25, 0.3) is 5.91 Å². The zero-order valence-electron chi connectivity index (χ0n) is 15.1. The Morgan fingerprint density at radius 3 is 2.69 bits per heavy atom. The van der Waals surface area contributed by atoms with Crippen LogP contribution in [0.4, 0.5) is 0 Å². The lowest BCUT2D eigenvalue weighted by Gasteiger charge is -2.17. The van der Waals surface area contributed by atoms with Crippen LogP contribution in [0.25, 0.3) is 0 Å². The quantitative estimate of drug-likeness (QED) is 0.588. The summed E-state index contributed by atoms with van der Waals surface area (Å²) in [5.74, 6) is 2.27. The van der Waals surface area contributed by atoms with Crippen molar-refractivity contribution in [1.29, 1.82) is 0 Å². The Morgan fingerprint density at radius 2 is 1.96 bits per heavy atom. The van der Waals surface area contributed by atoms with E-state index in [2.05, 4.69) is 5.32 Å². The maximum Gasteiger partial charge on any atom is 0.260 e. The molecule has 0 aliphatic heterocycles. The molecule has 2 aromatic carbocycles. The van der Waals surface area contributed by atoms with Crippen LogP contribution in [0, 0.1) is 13.8 Å². The number of amides is 1. The first-order valence-corrected chi connectivity index (χ1v) is 10.3. The standard InChI is InChI=1S/C20H23Cl2NO2S/c1-13-5-4-6-19(14(13)2)25-15(3)20(24)23-9-10-26-12-16-7-8-17(21)18(22)11-16/h4-8,11,15H,9-10,12H2,1-3H3,(H,23,24)/t15-/m0/s1. The van der Waals surface area contributed by atoms with Crippen LogP contribution in [0.1, 0.15) is 23.6 Å². The molecule has 1 atom stereocenters. The van der Waals surface area contributed by atoms with Crippen molar-refractivity contribution in [3.05, 3.63) is 63.1 Å². The topological polar surface area (TPSA) is 38.3 Å². The largest absolute Gasteiger partial charge is 0.481 e. The summed E-state index contributed by atoms with van der Waals surface area (Å²) in [6, 6.07) is 11.5. The first kappa shape index (κ1) is 20.9. The number of aryl methyl sites for hydroxylation is 1. The fraction of sp³-hybridized carbons (Fsp3) is 0.350. The Morgan fingerprint density at radius 1 is 1.19 bits per heavy atom. The number of ether oxygens (including phenoxy) is 1. The van der Waals surface area contributed by atoms with Gasteiger partial charge in [0, 0.05) is 18.1 Å². The summed E-state index contributed by atoms with van der Waals surface area (Å²) in [6.07, 6.45) is -0.532.